The van der Waals surface area contributed by atoms with Crippen molar-refractivity contribution in [2.75, 3.05) is 13.2 Å². The second-order valence-corrected chi connectivity index (χ2v) is 6.47. The number of carbonyl (C=O) groups excluding carboxylic acids is 1. The van der Waals surface area contributed by atoms with Gasteiger partial charge in [0.1, 0.15) is 4.88 Å². The fraction of sp³-hybridized carbons (Fsp3) is 0.333. The molecule has 6 heteroatoms. The van der Waals surface area contributed by atoms with Crippen molar-refractivity contribution >= 4 is 23.2 Å². The van der Waals surface area contributed by atoms with Crippen LogP contribution in [0.2, 0.25) is 0 Å². The fourth-order valence-corrected chi connectivity index (χ4v) is 2.92. The van der Waals surface area contributed by atoms with Crippen LogP contribution in [0.3, 0.4) is 0 Å². The first kappa shape index (κ1) is 18.2. The summed E-state index contributed by atoms with van der Waals surface area (Å²) in [6, 6.07) is 13.4. The number of carboxylic acids is 1. The van der Waals surface area contributed by atoms with E-state index in [0.717, 1.165) is 11.3 Å². The molecule has 0 aliphatic rings. The molecule has 0 aliphatic carbocycles. The van der Waals surface area contributed by atoms with Gasteiger partial charge < -0.3 is 15.2 Å². The van der Waals surface area contributed by atoms with Crippen molar-refractivity contribution in [2.45, 2.75) is 25.8 Å². The number of hydrogen-bond donors (Lipinski definition) is 2. The fourth-order valence-electron chi connectivity index (χ4n) is 2.13. The van der Waals surface area contributed by atoms with Crippen molar-refractivity contribution < 1.29 is 19.4 Å². The number of nitrogens with one attached hydrogen (secondary N) is 1. The minimum absolute atomic E-state index is 0.0491. The Bertz CT molecular complexity index is 654. The second-order valence-electron chi connectivity index (χ2n) is 5.30. The van der Waals surface area contributed by atoms with Crippen LogP contribution >= 0.6 is 11.3 Å². The highest BCUT2D eigenvalue weighted by Crippen LogP contribution is 2.16. The SMILES string of the molecule is O=C(CCCOCCc1ccccc1)NCc1ccc(C(=O)O)s1. The number of amides is 1. The lowest BCUT2D eigenvalue weighted by molar-refractivity contribution is -0.121. The van der Waals surface area contributed by atoms with Crippen LogP contribution in [0.4, 0.5) is 0 Å². The summed E-state index contributed by atoms with van der Waals surface area (Å²) in [5, 5.41) is 11.6. The third-order valence-corrected chi connectivity index (χ3v) is 4.48. The normalized spacial score (nSPS) is 10.5. The molecular weight excluding hydrogens is 326 g/mol. The molecule has 2 rings (SSSR count). The Morgan fingerprint density at radius 1 is 1.08 bits per heavy atom. The minimum Gasteiger partial charge on any atom is -0.477 e. The van der Waals surface area contributed by atoms with Crippen LogP contribution in [0.1, 0.15) is 33.0 Å². The van der Waals surface area contributed by atoms with Crippen molar-refractivity contribution in [3.05, 3.63) is 57.8 Å². The van der Waals surface area contributed by atoms with Crippen molar-refractivity contribution in [3.63, 3.8) is 0 Å². The highest BCUT2D eigenvalue weighted by Gasteiger charge is 2.08. The van der Waals surface area contributed by atoms with Crippen LogP contribution in [0.15, 0.2) is 42.5 Å². The number of thiophene rings is 1. The highest BCUT2D eigenvalue weighted by molar-refractivity contribution is 7.13. The molecule has 5 nitrogen and oxygen atoms in total. The molecule has 0 radical (unpaired) electrons. The number of carbonyl (C=O) groups is 2. The molecule has 1 aromatic heterocycles. The highest BCUT2D eigenvalue weighted by atomic mass is 32.1. The lowest BCUT2D eigenvalue weighted by atomic mass is 10.2. The number of carboxylic acid groups (broad SMARTS) is 1. The number of hydrogen-bond acceptors (Lipinski definition) is 4. The third kappa shape index (κ3) is 6.52. The quantitative estimate of drug-likeness (QED) is 0.648. The van der Waals surface area contributed by atoms with Crippen LogP contribution in [0.5, 0.6) is 0 Å². The molecule has 0 saturated carbocycles. The average Bonchev–Trinajstić information content (AvgIpc) is 3.06. The van der Waals surface area contributed by atoms with Crippen LogP contribution in [-0.2, 0) is 22.5 Å². The van der Waals surface area contributed by atoms with E-state index in [4.69, 9.17) is 9.84 Å². The maximum atomic E-state index is 11.7. The van der Waals surface area contributed by atoms with Crippen molar-refractivity contribution in [1.29, 1.82) is 0 Å². The Kier molecular flexibility index (Phi) is 7.45. The van der Waals surface area contributed by atoms with E-state index in [2.05, 4.69) is 17.4 Å². The lowest BCUT2D eigenvalue weighted by Crippen LogP contribution is -2.22. The van der Waals surface area contributed by atoms with Gasteiger partial charge in [0.2, 0.25) is 5.91 Å². The summed E-state index contributed by atoms with van der Waals surface area (Å²) < 4.78 is 5.54. The van der Waals surface area contributed by atoms with E-state index in [1.165, 1.54) is 16.9 Å². The lowest BCUT2D eigenvalue weighted by Gasteiger charge is -2.05. The number of ether oxygens (including phenoxy) is 1. The van der Waals surface area contributed by atoms with Crippen molar-refractivity contribution in [3.8, 4) is 0 Å². The Labute approximate surface area is 145 Å². The van der Waals surface area contributed by atoms with E-state index in [1.54, 1.807) is 12.1 Å². The predicted octanol–water partition coefficient (Wildman–Crippen LogP) is 3.10. The zero-order chi connectivity index (χ0) is 17.2. The molecule has 2 aromatic rings. The zero-order valence-electron chi connectivity index (χ0n) is 13.4. The molecule has 0 spiro atoms. The van der Waals surface area contributed by atoms with E-state index in [-0.39, 0.29) is 10.8 Å². The van der Waals surface area contributed by atoms with Gasteiger partial charge in [0.15, 0.2) is 0 Å². The molecule has 0 aliphatic heterocycles. The van der Waals surface area contributed by atoms with E-state index < -0.39 is 5.97 Å². The molecule has 0 saturated heterocycles. The molecule has 1 aromatic carbocycles. The molecule has 0 atom stereocenters. The van der Waals surface area contributed by atoms with Gasteiger partial charge in [-0.05, 0) is 30.5 Å². The maximum absolute atomic E-state index is 11.7. The third-order valence-electron chi connectivity index (χ3n) is 3.40. The summed E-state index contributed by atoms with van der Waals surface area (Å²) in [7, 11) is 0. The summed E-state index contributed by atoms with van der Waals surface area (Å²) in [6.07, 6.45) is 1.95. The maximum Gasteiger partial charge on any atom is 0.345 e. The first-order valence-electron chi connectivity index (χ1n) is 7.85. The van der Waals surface area contributed by atoms with Crippen LogP contribution in [0.25, 0.3) is 0 Å². The Morgan fingerprint density at radius 2 is 1.88 bits per heavy atom. The summed E-state index contributed by atoms with van der Waals surface area (Å²) in [4.78, 5) is 23.6. The van der Waals surface area contributed by atoms with E-state index in [1.807, 2.05) is 18.2 Å². The van der Waals surface area contributed by atoms with Gasteiger partial charge in [-0.15, -0.1) is 11.3 Å². The van der Waals surface area contributed by atoms with Gasteiger partial charge in [-0.2, -0.15) is 0 Å². The average molecular weight is 347 g/mol. The van der Waals surface area contributed by atoms with Gasteiger partial charge in [0, 0.05) is 17.9 Å². The molecule has 128 valence electrons. The molecule has 0 fully saturated rings. The van der Waals surface area contributed by atoms with Crippen LogP contribution < -0.4 is 5.32 Å². The molecular formula is C18H21NO4S. The number of rotatable bonds is 10. The van der Waals surface area contributed by atoms with E-state index >= 15 is 0 Å². The van der Waals surface area contributed by atoms with Gasteiger partial charge >= 0.3 is 5.97 Å². The number of aromatic carboxylic acids is 1. The minimum atomic E-state index is -0.940. The second kappa shape index (κ2) is 9.85. The molecule has 1 amide bonds. The summed E-state index contributed by atoms with van der Waals surface area (Å²) in [5.41, 5.74) is 1.24. The molecule has 0 bridgehead atoms. The first-order valence-corrected chi connectivity index (χ1v) is 8.67. The van der Waals surface area contributed by atoms with Crippen LogP contribution in [0, 0.1) is 0 Å². The van der Waals surface area contributed by atoms with Crippen molar-refractivity contribution in [1.82, 2.24) is 5.32 Å². The van der Waals surface area contributed by atoms with Gasteiger partial charge in [-0.25, -0.2) is 4.79 Å². The summed E-state index contributed by atoms with van der Waals surface area (Å²) in [5.74, 6) is -0.989. The van der Waals surface area contributed by atoms with Gasteiger partial charge in [0.05, 0.1) is 13.2 Å². The Morgan fingerprint density at radius 3 is 2.58 bits per heavy atom. The van der Waals surface area contributed by atoms with E-state index in [9.17, 15) is 9.59 Å². The largest absolute Gasteiger partial charge is 0.477 e. The molecule has 0 unspecified atom stereocenters. The Balaban J connectivity index is 1.52. The molecule has 24 heavy (non-hydrogen) atoms. The van der Waals surface area contributed by atoms with Crippen LogP contribution in [-0.4, -0.2) is 30.2 Å². The van der Waals surface area contributed by atoms with Gasteiger partial charge in [0.25, 0.3) is 0 Å². The smallest absolute Gasteiger partial charge is 0.345 e. The molecule has 1 heterocycles. The standard InChI is InChI=1S/C18H21NO4S/c20-17(19-13-15-8-9-16(24-15)18(21)22)7-4-11-23-12-10-14-5-2-1-3-6-14/h1-3,5-6,8-9H,4,7,10-13H2,(H,19,20)(H,21,22). The summed E-state index contributed by atoms with van der Waals surface area (Å²) in [6.45, 7) is 1.58. The molecule has 2 N–H and O–H groups in total. The predicted molar refractivity (Wildman–Crippen MR) is 93.3 cm³/mol. The summed E-state index contributed by atoms with van der Waals surface area (Å²) >= 11 is 1.18. The topological polar surface area (TPSA) is 75.6 Å². The Hall–Kier alpha value is -2.18. The zero-order valence-corrected chi connectivity index (χ0v) is 14.2. The van der Waals surface area contributed by atoms with E-state index in [0.29, 0.717) is 32.6 Å². The first-order chi connectivity index (χ1) is 11.6. The van der Waals surface area contributed by atoms with Crippen molar-refractivity contribution in [2.24, 2.45) is 0 Å². The van der Waals surface area contributed by atoms with Gasteiger partial charge in [-0.1, -0.05) is 30.3 Å². The van der Waals surface area contributed by atoms with Gasteiger partial charge in [-0.3, -0.25) is 4.79 Å². The monoisotopic (exact) mass is 347 g/mol. The number of benzene rings is 1.